The normalized spacial score (nSPS) is 11.1. The van der Waals surface area contributed by atoms with Crippen LogP contribution in [-0.4, -0.2) is 21.7 Å². The molecule has 0 radical (unpaired) electrons. The Bertz CT molecular complexity index is 478. The molecule has 0 aromatic heterocycles. The summed E-state index contributed by atoms with van der Waals surface area (Å²) in [5, 5.41) is 21.7. The number of benzene rings is 1. The van der Waals surface area contributed by atoms with Gasteiger partial charge in [-0.15, -0.1) is 0 Å². The van der Waals surface area contributed by atoms with Crippen molar-refractivity contribution < 1.29 is 15.0 Å². The molecule has 3 N–H and O–H groups in total. The molecule has 0 aliphatic rings. The van der Waals surface area contributed by atoms with Gasteiger partial charge in [0.05, 0.1) is 0 Å². The summed E-state index contributed by atoms with van der Waals surface area (Å²) in [5.74, 6) is -0.742. The van der Waals surface area contributed by atoms with Crippen LogP contribution in [0.3, 0.4) is 0 Å². The monoisotopic (exact) mass is 249 g/mol. The van der Waals surface area contributed by atoms with Crippen LogP contribution in [0, 0.1) is 0 Å². The fraction of sp³-hybridized carbons (Fsp3) is 0.357. The van der Waals surface area contributed by atoms with Gasteiger partial charge in [-0.1, -0.05) is 12.2 Å². The van der Waals surface area contributed by atoms with E-state index in [-0.39, 0.29) is 5.75 Å². The zero-order chi connectivity index (χ0) is 13.9. The van der Waals surface area contributed by atoms with Crippen LogP contribution in [0.15, 0.2) is 30.4 Å². The van der Waals surface area contributed by atoms with Crippen LogP contribution in [0.2, 0.25) is 0 Å². The number of aromatic hydroxyl groups is 1. The molecule has 0 aliphatic heterocycles. The van der Waals surface area contributed by atoms with Crippen molar-refractivity contribution in [3.05, 3.63) is 35.9 Å². The first kappa shape index (κ1) is 14.1. The summed E-state index contributed by atoms with van der Waals surface area (Å²) >= 11 is 0. The molecule has 0 spiro atoms. The van der Waals surface area contributed by atoms with E-state index >= 15 is 0 Å². The predicted octanol–water partition coefficient (Wildman–Crippen LogP) is 2.79. The van der Waals surface area contributed by atoms with E-state index in [1.54, 1.807) is 32.0 Å². The number of aliphatic carboxylic acids is 1. The van der Waals surface area contributed by atoms with Crippen LogP contribution in [0.5, 0.6) is 5.75 Å². The molecule has 0 unspecified atom stereocenters. The number of rotatable bonds is 5. The summed E-state index contributed by atoms with van der Waals surface area (Å²) in [6, 6.07) is 4.95. The lowest BCUT2D eigenvalue weighted by atomic mass is 10.0. The van der Waals surface area contributed by atoms with Gasteiger partial charge in [0.15, 0.2) is 0 Å². The molecule has 1 rings (SSSR count). The number of nitrogens with one attached hydrogen (secondary N) is 1. The lowest BCUT2D eigenvalue weighted by molar-refractivity contribution is -0.141. The SMILES string of the molecule is C=C(C)Cc1cc(NC(C)(C)C(=O)O)ccc1O. The van der Waals surface area contributed by atoms with Gasteiger partial charge in [-0.25, -0.2) is 4.79 Å². The van der Waals surface area contributed by atoms with Gasteiger partial charge in [0.25, 0.3) is 0 Å². The maximum atomic E-state index is 11.0. The Labute approximate surface area is 107 Å². The van der Waals surface area contributed by atoms with Crippen molar-refractivity contribution in [2.24, 2.45) is 0 Å². The average molecular weight is 249 g/mol. The minimum Gasteiger partial charge on any atom is -0.508 e. The van der Waals surface area contributed by atoms with Gasteiger partial charge in [0.2, 0.25) is 0 Å². The number of carboxylic acids is 1. The number of hydrogen-bond donors (Lipinski definition) is 3. The molecule has 4 heteroatoms. The summed E-state index contributed by atoms with van der Waals surface area (Å²) in [5.41, 5.74) is 1.27. The number of carboxylic acid groups (broad SMARTS) is 1. The number of hydrogen-bond acceptors (Lipinski definition) is 3. The van der Waals surface area contributed by atoms with Crippen LogP contribution in [-0.2, 0) is 11.2 Å². The van der Waals surface area contributed by atoms with Gasteiger partial charge in [0.1, 0.15) is 11.3 Å². The standard InChI is InChI=1S/C14H19NO3/c1-9(2)7-10-8-11(5-6-12(10)16)15-14(3,4)13(17)18/h5-6,8,15-16H,1,7H2,2-4H3,(H,17,18). The van der Waals surface area contributed by atoms with E-state index in [1.807, 2.05) is 6.92 Å². The maximum Gasteiger partial charge on any atom is 0.328 e. The summed E-state index contributed by atoms with van der Waals surface area (Å²) in [7, 11) is 0. The molecule has 4 nitrogen and oxygen atoms in total. The molecule has 0 amide bonds. The van der Waals surface area contributed by atoms with E-state index in [2.05, 4.69) is 11.9 Å². The molecule has 0 bridgehead atoms. The summed E-state index contributed by atoms with van der Waals surface area (Å²) in [4.78, 5) is 11.0. The summed E-state index contributed by atoms with van der Waals surface area (Å²) in [6.45, 7) is 8.84. The van der Waals surface area contributed by atoms with Crippen molar-refractivity contribution in [3.8, 4) is 5.75 Å². The second-order valence-electron chi connectivity index (χ2n) is 5.03. The van der Waals surface area contributed by atoms with Crippen LogP contribution in [0.1, 0.15) is 26.3 Å². The average Bonchev–Trinajstić information content (AvgIpc) is 2.21. The van der Waals surface area contributed by atoms with E-state index in [1.165, 1.54) is 0 Å². The van der Waals surface area contributed by atoms with Crippen LogP contribution in [0.4, 0.5) is 5.69 Å². The van der Waals surface area contributed by atoms with Crippen molar-refractivity contribution in [1.29, 1.82) is 0 Å². The fourth-order valence-electron chi connectivity index (χ4n) is 1.54. The third-order valence-electron chi connectivity index (χ3n) is 2.56. The Hall–Kier alpha value is -1.97. The van der Waals surface area contributed by atoms with E-state index in [0.29, 0.717) is 12.1 Å². The largest absolute Gasteiger partial charge is 0.508 e. The Morgan fingerprint density at radius 1 is 1.44 bits per heavy atom. The number of anilines is 1. The Balaban J connectivity index is 2.98. The van der Waals surface area contributed by atoms with Gasteiger partial charge < -0.3 is 15.5 Å². The van der Waals surface area contributed by atoms with E-state index < -0.39 is 11.5 Å². The quantitative estimate of drug-likeness (QED) is 0.554. The molecule has 0 fully saturated rings. The Morgan fingerprint density at radius 3 is 2.56 bits per heavy atom. The Morgan fingerprint density at radius 2 is 2.06 bits per heavy atom. The van der Waals surface area contributed by atoms with Gasteiger partial charge in [0, 0.05) is 5.69 Å². The summed E-state index contributed by atoms with van der Waals surface area (Å²) < 4.78 is 0. The molecule has 98 valence electrons. The zero-order valence-corrected chi connectivity index (χ0v) is 10.9. The second-order valence-corrected chi connectivity index (χ2v) is 5.03. The highest BCUT2D eigenvalue weighted by Gasteiger charge is 2.26. The van der Waals surface area contributed by atoms with Crippen molar-refractivity contribution in [2.75, 3.05) is 5.32 Å². The van der Waals surface area contributed by atoms with Gasteiger partial charge in [-0.05, 0) is 51.0 Å². The molecule has 0 saturated carbocycles. The number of allylic oxidation sites excluding steroid dienone is 1. The first-order valence-electron chi connectivity index (χ1n) is 5.70. The molecule has 0 saturated heterocycles. The number of phenols is 1. The molecular weight excluding hydrogens is 230 g/mol. The highest BCUT2D eigenvalue weighted by Crippen LogP contribution is 2.25. The summed E-state index contributed by atoms with van der Waals surface area (Å²) in [6.07, 6.45) is 0.564. The fourth-order valence-corrected chi connectivity index (χ4v) is 1.54. The first-order chi connectivity index (χ1) is 8.22. The minimum atomic E-state index is -1.06. The highest BCUT2D eigenvalue weighted by atomic mass is 16.4. The topological polar surface area (TPSA) is 69.6 Å². The van der Waals surface area contributed by atoms with E-state index in [9.17, 15) is 9.90 Å². The zero-order valence-electron chi connectivity index (χ0n) is 10.9. The molecule has 1 aromatic carbocycles. The lowest BCUT2D eigenvalue weighted by Gasteiger charge is -2.23. The van der Waals surface area contributed by atoms with E-state index in [0.717, 1.165) is 11.1 Å². The number of phenolic OH excluding ortho intramolecular Hbond substituents is 1. The molecule has 0 atom stereocenters. The second kappa shape index (κ2) is 5.12. The lowest BCUT2D eigenvalue weighted by Crippen LogP contribution is -2.39. The molecule has 0 aliphatic carbocycles. The molecule has 18 heavy (non-hydrogen) atoms. The third kappa shape index (κ3) is 3.52. The molecule has 0 heterocycles. The third-order valence-corrected chi connectivity index (χ3v) is 2.56. The van der Waals surface area contributed by atoms with Crippen molar-refractivity contribution in [3.63, 3.8) is 0 Å². The highest BCUT2D eigenvalue weighted by molar-refractivity contribution is 5.81. The number of carbonyl (C=O) groups is 1. The smallest absolute Gasteiger partial charge is 0.328 e. The van der Waals surface area contributed by atoms with Gasteiger partial charge in [-0.3, -0.25) is 0 Å². The van der Waals surface area contributed by atoms with Crippen LogP contribution >= 0.6 is 0 Å². The van der Waals surface area contributed by atoms with Gasteiger partial charge in [-0.2, -0.15) is 0 Å². The van der Waals surface area contributed by atoms with Crippen molar-refractivity contribution in [1.82, 2.24) is 0 Å². The maximum absolute atomic E-state index is 11.0. The van der Waals surface area contributed by atoms with Crippen LogP contribution < -0.4 is 5.32 Å². The van der Waals surface area contributed by atoms with Gasteiger partial charge >= 0.3 is 5.97 Å². The van der Waals surface area contributed by atoms with E-state index in [4.69, 9.17) is 5.11 Å². The Kier molecular flexibility index (Phi) is 4.01. The molecular formula is C14H19NO3. The predicted molar refractivity (Wildman–Crippen MR) is 72.0 cm³/mol. The minimum absolute atomic E-state index is 0.191. The molecule has 1 aromatic rings. The van der Waals surface area contributed by atoms with Crippen LogP contribution in [0.25, 0.3) is 0 Å². The van der Waals surface area contributed by atoms with Crippen molar-refractivity contribution in [2.45, 2.75) is 32.7 Å². The van der Waals surface area contributed by atoms with Crippen molar-refractivity contribution >= 4 is 11.7 Å². The first-order valence-corrected chi connectivity index (χ1v) is 5.70.